The summed E-state index contributed by atoms with van der Waals surface area (Å²) in [4.78, 5) is 12.0. The number of hydrogen-bond acceptors (Lipinski definition) is 3. The first kappa shape index (κ1) is 14.1. The molecule has 2 N–H and O–H groups in total. The molecule has 17 heavy (non-hydrogen) atoms. The molecule has 0 spiro atoms. The van der Waals surface area contributed by atoms with Crippen molar-refractivity contribution in [1.82, 2.24) is 0 Å². The summed E-state index contributed by atoms with van der Waals surface area (Å²) in [6, 6.07) is 7.71. The van der Waals surface area contributed by atoms with Crippen LogP contribution in [0.1, 0.15) is 27.2 Å². The molecule has 0 heterocycles. The van der Waals surface area contributed by atoms with Crippen molar-refractivity contribution in [3.05, 3.63) is 24.3 Å². The highest BCUT2D eigenvalue weighted by molar-refractivity contribution is 7.99. The quantitative estimate of drug-likeness (QED) is 0.793. The molecule has 0 radical (unpaired) electrons. The Kier molecular flexibility index (Phi) is 5.02. The number of carbonyl (C=O) groups is 1. The van der Waals surface area contributed by atoms with Gasteiger partial charge in [-0.3, -0.25) is 4.79 Å². The van der Waals surface area contributed by atoms with Crippen LogP contribution < -0.4 is 5.32 Å². The second kappa shape index (κ2) is 6.07. The van der Waals surface area contributed by atoms with Crippen molar-refractivity contribution in [1.29, 1.82) is 0 Å². The summed E-state index contributed by atoms with van der Waals surface area (Å²) >= 11 is 1.70. The van der Waals surface area contributed by atoms with Gasteiger partial charge in [-0.15, -0.1) is 11.8 Å². The van der Waals surface area contributed by atoms with Gasteiger partial charge in [-0.25, -0.2) is 0 Å². The maximum absolute atomic E-state index is 10.8. The van der Waals surface area contributed by atoms with Gasteiger partial charge in [0.15, 0.2) is 0 Å². The van der Waals surface area contributed by atoms with Crippen molar-refractivity contribution in [3.63, 3.8) is 0 Å². The highest BCUT2D eigenvalue weighted by Crippen LogP contribution is 2.23. The minimum absolute atomic E-state index is 0.0626. The number of rotatable bonds is 5. The SMILES string of the molecule is CC(=O)Nc1ccc(SCCC(C)(C)O)cc1. The molecular weight excluding hydrogens is 234 g/mol. The van der Waals surface area contributed by atoms with E-state index in [4.69, 9.17) is 0 Å². The van der Waals surface area contributed by atoms with Crippen LogP contribution in [0.4, 0.5) is 5.69 Å². The lowest BCUT2D eigenvalue weighted by molar-refractivity contribution is -0.114. The summed E-state index contributed by atoms with van der Waals surface area (Å²) in [7, 11) is 0. The first-order valence-corrected chi connectivity index (χ1v) is 6.58. The van der Waals surface area contributed by atoms with Gasteiger partial charge in [0.2, 0.25) is 5.91 Å². The second-order valence-electron chi connectivity index (χ2n) is 4.62. The normalized spacial score (nSPS) is 11.3. The van der Waals surface area contributed by atoms with Crippen LogP contribution in [0, 0.1) is 0 Å². The van der Waals surface area contributed by atoms with Crippen LogP contribution in [-0.4, -0.2) is 22.4 Å². The Balaban J connectivity index is 2.43. The molecule has 4 heteroatoms. The van der Waals surface area contributed by atoms with Crippen LogP contribution in [0.2, 0.25) is 0 Å². The van der Waals surface area contributed by atoms with E-state index in [0.29, 0.717) is 0 Å². The maximum Gasteiger partial charge on any atom is 0.221 e. The summed E-state index contributed by atoms with van der Waals surface area (Å²) in [5.41, 5.74) is 0.202. The third kappa shape index (κ3) is 6.34. The third-order valence-electron chi connectivity index (χ3n) is 2.16. The number of thioether (sulfide) groups is 1. The van der Waals surface area contributed by atoms with E-state index in [-0.39, 0.29) is 5.91 Å². The van der Waals surface area contributed by atoms with Gasteiger partial charge in [0.1, 0.15) is 0 Å². The van der Waals surface area contributed by atoms with Crippen molar-refractivity contribution in [2.45, 2.75) is 37.7 Å². The molecule has 0 fully saturated rings. The third-order valence-corrected chi connectivity index (χ3v) is 3.17. The number of anilines is 1. The summed E-state index contributed by atoms with van der Waals surface area (Å²) in [6.07, 6.45) is 0.755. The predicted molar refractivity (Wildman–Crippen MR) is 72.4 cm³/mol. The Hall–Kier alpha value is -1.00. The zero-order valence-corrected chi connectivity index (χ0v) is 11.3. The van der Waals surface area contributed by atoms with E-state index in [1.54, 1.807) is 11.8 Å². The highest BCUT2D eigenvalue weighted by Gasteiger charge is 2.11. The van der Waals surface area contributed by atoms with Gasteiger partial charge < -0.3 is 10.4 Å². The fourth-order valence-corrected chi connectivity index (χ4v) is 2.42. The molecule has 1 aromatic carbocycles. The smallest absolute Gasteiger partial charge is 0.221 e. The largest absolute Gasteiger partial charge is 0.390 e. The summed E-state index contributed by atoms with van der Waals surface area (Å²) in [6.45, 7) is 5.12. The van der Waals surface area contributed by atoms with E-state index in [1.165, 1.54) is 6.92 Å². The summed E-state index contributed by atoms with van der Waals surface area (Å²) in [5.74, 6) is 0.815. The number of carbonyl (C=O) groups excluding carboxylic acids is 1. The number of amides is 1. The first-order chi connectivity index (χ1) is 7.87. The number of nitrogens with one attached hydrogen (secondary N) is 1. The van der Waals surface area contributed by atoms with Crippen molar-refractivity contribution in [2.75, 3.05) is 11.1 Å². The van der Waals surface area contributed by atoms with Crippen LogP contribution in [0.5, 0.6) is 0 Å². The lowest BCUT2D eigenvalue weighted by atomic mass is 10.1. The Morgan fingerprint density at radius 1 is 1.35 bits per heavy atom. The average molecular weight is 253 g/mol. The number of hydrogen-bond donors (Lipinski definition) is 2. The highest BCUT2D eigenvalue weighted by atomic mass is 32.2. The lowest BCUT2D eigenvalue weighted by Gasteiger charge is -2.16. The van der Waals surface area contributed by atoms with Gasteiger partial charge in [-0.1, -0.05) is 0 Å². The fourth-order valence-electron chi connectivity index (χ4n) is 1.26. The summed E-state index contributed by atoms with van der Waals surface area (Å²) < 4.78 is 0. The van der Waals surface area contributed by atoms with Crippen molar-refractivity contribution in [3.8, 4) is 0 Å². The lowest BCUT2D eigenvalue weighted by Crippen LogP contribution is -2.18. The molecule has 94 valence electrons. The Morgan fingerprint density at radius 2 is 1.94 bits per heavy atom. The fraction of sp³-hybridized carbons (Fsp3) is 0.462. The van der Waals surface area contributed by atoms with Crippen molar-refractivity contribution in [2.24, 2.45) is 0 Å². The molecule has 0 aromatic heterocycles. The molecule has 0 atom stereocenters. The van der Waals surface area contributed by atoms with E-state index in [9.17, 15) is 9.90 Å². The van der Waals surface area contributed by atoms with Crippen LogP contribution in [0.25, 0.3) is 0 Å². The minimum Gasteiger partial charge on any atom is -0.390 e. The molecule has 3 nitrogen and oxygen atoms in total. The zero-order chi connectivity index (χ0) is 12.9. The molecule has 0 aliphatic carbocycles. The molecule has 0 aliphatic heterocycles. The zero-order valence-electron chi connectivity index (χ0n) is 10.5. The van der Waals surface area contributed by atoms with Crippen LogP contribution in [-0.2, 0) is 4.79 Å². The summed E-state index contributed by atoms with van der Waals surface area (Å²) in [5, 5.41) is 12.3. The predicted octanol–water partition coefficient (Wildman–Crippen LogP) is 2.90. The van der Waals surface area contributed by atoms with E-state index in [2.05, 4.69) is 5.32 Å². The molecule has 1 amide bonds. The molecule has 0 aliphatic rings. The number of aliphatic hydroxyl groups is 1. The van der Waals surface area contributed by atoms with E-state index < -0.39 is 5.60 Å². The standard InChI is InChI=1S/C13H19NO2S/c1-10(15)14-11-4-6-12(7-5-11)17-9-8-13(2,3)16/h4-7,16H,8-9H2,1-3H3,(H,14,15). The van der Waals surface area contributed by atoms with Crippen LogP contribution in [0.15, 0.2) is 29.2 Å². The Morgan fingerprint density at radius 3 is 2.41 bits per heavy atom. The van der Waals surface area contributed by atoms with Crippen molar-refractivity contribution < 1.29 is 9.90 Å². The van der Waals surface area contributed by atoms with E-state index in [1.807, 2.05) is 38.1 Å². The van der Waals surface area contributed by atoms with Gasteiger partial charge in [0.25, 0.3) is 0 Å². The maximum atomic E-state index is 10.8. The molecule has 0 saturated heterocycles. The van der Waals surface area contributed by atoms with Gasteiger partial charge in [0.05, 0.1) is 5.60 Å². The molecule has 0 saturated carbocycles. The minimum atomic E-state index is -0.608. The first-order valence-electron chi connectivity index (χ1n) is 5.60. The van der Waals surface area contributed by atoms with Crippen molar-refractivity contribution >= 4 is 23.4 Å². The number of benzene rings is 1. The molecule has 0 unspecified atom stereocenters. The Labute approximate surface area is 107 Å². The van der Waals surface area contributed by atoms with Gasteiger partial charge >= 0.3 is 0 Å². The van der Waals surface area contributed by atoms with Gasteiger partial charge in [-0.05, 0) is 44.5 Å². The van der Waals surface area contributed by atoms with Crippen LogP contribution >= 0.6 is 11.8 Å². The van der Waals surface area contributed by atoms with E-state index >= 15 is 0 Å². The molecule has 1 rings (SSSR count). The van der Waals surface area contributed by atoms with E-state index in [0.717, 1.165) is 22.8 Å². The molecular formula is C13H19NO2S. The van der Waals surface area contributed by atoms with Crippen LogP contribution in [0.3, 0.4) is 0 Å². The second-order valence-corrected chi connectivity index (χ2v) is 5.78. The molecule has 0 bridgehead atoms. The van der Waals surface area contributed by atoms with Gasteiger partial charge in [0, 0.05) is 23.3 Å². The topological polar surface area (TPSA) is 49.3 Å². The average Bonchev–Trinajstić information content (AvgIpc) is 2.18. The van der Waals surface area contributed by atoms with Gasteiger partial charge in [-0.2, -0.15) is 0 Å². The Bertz CT molecular complexity index is 368. The molecule has 1 aromatic rings. The monoisotopic (exact) mass is 253 g/mol.